The Morgan fingerprint density at radius 3 is 2.71 bits per heavy atom. The van der Waals surface area contributed by atoms with Crippen LogP contribution in [-0.4, -0.2) is 18.7 Å². The summed E-state index contributed by atoms with van der Waals surface area (Å²) in [6, 6.07) is 0. The molecule has 0 atom stereocenters. The standard InChI is InChI=1S/C5H8NO/c1-3-5(7)4-6-2/h4H,2-3H2,1H3/q+1. The fraction of sp³-hybridized carbons (Fsp3) is 0.400. The maximum atomic E-state index is 10.2. The zero-order chi connectivity index (χ0) is 5.70. The third kappa shape index (κ3) is 2.94. The molecule has 0 saturated heterocycles. The van der Waals surface area contributed by atoms with Crippen LogP contribution in [-0.2, 0) is 4.79 Å². The van der Waals surface area contributed by atoms with Crippen LogP contribution in [0.5, 0.6) is 0 Å². The summed E-state index contributed by atoms with van der Waals surface area (Å²) in [6.07, 6.45) is 1.74. The second-order valence-corrected chi connectivity index (χ2v) is 1.13. The molecule has 0 saturated carbocycles. The summed E-state index contributed by atoms with van der Waals surface area (Å²) in [4.78, 5) is 10.2. The summed E-state index contributed by atoms with van der Waals surface area (Å²) in [5.74, 6) is 0.0231. The van der Waals surface area contributed by atoms with Crippen LogP contribution in [0.4, 0.5) is 0 Å². The van der Waals surface area contributed by atoms with Gasteiger partial charge in [-0.05, 0) is 0 Å². The van der Waals surface area contributed by atoms with Gasteiger partial charge in [0, 0.05) is 6.42 Å². The van der Waals surface area contributed by atoms with Crippen molar-refractivity contribution in [3.05, 3.63) is 0 Å². The van der Waals surface area contributed by atoms with Crippen molar-refractivity contribution >= 4 is 18.7 Å². The Kier molecular flexibility index (Phi) is 2.90. The fourth-order valence-electron chi connectivity index (χ4n) is 0.193. The SMILES string of the molecule is C=[N+]=CC(=O)CC. The van der Waals surface area contributed by atoms with E-state index in [1.54, 1.807) is 6.92 Å². The Bertz CT molecular complexity index is 111. The van der Waals surface area contributed by atoms with Crippen LogP contribution in [0.25, 0.3) is 0 Å². The summed E-state index contributed by atoms with van der Waals surface area (Å²) in [5.41, 5.74) is 0. The molecule has 0 unspecified atom stereocenters. The molecule has 0 rings (SSSR count). The first-order chi connectivity index (χ1) is 3.31. The van der Waals surface area contributed by atoms with E-state index in [1.807, 2.05) is 0 Å². The van der Waals surface area contributed by atoms with E-state index >= 15 is 0 Å². The summed E-state index contributed by atoms with van der Waals surface area (Å²) in [6.45, 7) is 4.90. The quantitative estimate of drug-likeness (QED) is 0.347. The Morgan fingerprint density at radius 2 is 2.57 bits per heavy atom. The highest BCUT2D eigenvalue weighted by atomic mass is 16.1. The van der Waals surface area contributed by atoms with Crippen molar-refractivity contribution < 1.29 is 4.79 Å². The van der Waals surface area contributed by atoms with Gasteiger partial charge >= 0.3 is 6.21 Å². The molecule has 7 heavy (non-hydrogen) atoms. The molecule has 0 amide bonds. The molecule has 0 spiro atoms. The monoisotopic (exact) mass is 98.1 g/mol. The summed E-state index contributed by atoms with van der Waals surface area (Å²) in [7, 11) is 0. The maximum absolute atomic E-state index is 10.2. The molecule has 0 aliphatic rings. The van der Waals surface area contributed by atoms with Crippen molar-refractivity contribution in [1.82, 2.24) is 4.67 Å². The maximum Gasteiger partial charge on any atom is 0.334 e. The molecular formula is C5H8NO+. The van der Waals surface area contributed by atoms with Crippen LogP contribution in [0.1, 0.15) is 13.3 Å². The predicted molar refractivity (Wildman–Crippen MR) is 30.6 cm³/mol. The molecule has 0 aromatic heterocycles. The van der Waals surface area contributed by atoms with Crippen LogP contribution in [0.2, 0.25) is 0 Å². The largest absolute Gasteiger partial charge is 0.334 e. The second kappa shape index (κ2) is 3.32. The van der Waals surface area contributed by atoms with E-state index in [0.29, 0.717) is 6.42 Å². The minimum atomic E-state index is 0.0231. The number of nitrogens with zero attached hydrogens (tertiary/aromatic N) is 1. The number of ketones is 1. The van der Waals surface area contributed by atoms with Gasteiger partial charge in [0.15, 0.2) is 0 Å². The zero-order valence-corrected chi connectivity index (χ0v) is 4.35. The van der Waals surface area contributed by atoms with Gasteiger partial charge in [0.05, 0.1) is 0 Å². The lowest BCUT2D eigenvalue weighted by atomic mass is 10.3. The lowest BCUT2D eigenvalue weighted by Gasteiger charge is -1.67. The van der Waals surface area contributed by atoms with E-state index in [9.17, 15) is 4.79 Å². The van der Waals surface area contributed by atoms with E-state index in [4.69, 9.17) is 0 Å². The summed E-state index contributed by atoms with van der Waals surface area (Å²) >= 11 is 0. The number of carbonyl (C=O) groups excluding carboxylic acids is 1. The van der Waals surface area contributed by atoms with Crippen LogP contribution in [0.15, 0.2) is 0 Å². The van der Waals surface area contributed by atoms with Gasteiger partial charge in [-0.25, -0.2) is 0 Å². The first kappa shape index (κ1) is 6.12. The highest BCUT2D eigenvalue weighted by Gasteiger charge is 1.93. The first-order valence-corrected chi connectivity index (χ1v) is 2.13. The highest BCUT2D eigenvalue weighted by molar-refractivity contribution is 6.26. The lowest BCUT2D eigenvalue weighted by Crippen LogP contribution is -1.96. The normalized spacial score (nSPS) is 7.00. The number of hydrogen-bond donors (Lipinski definition) is 0. The number of hydrogen-bond acceptors (Lipinski definition) is 1. The van der Waals surface area contributed by atoms with Crippen molar-refractivity contribution in [2.45, 2.75) is 13.3 Å². The third-order valence-electron chi connectivity index (χ3n) is 0.584. The van der Waals surface area contributed by atoms with E-state index in [-0.39, 0.29) is 5.78 Å². The minimum Gasteiger partial charge on any atom is -0.287 e. The third-order valence-corrected chi connectivity index (χ3v) is 0.584. The molecule has 0 bridgehead atoms. The molecular weight excluding hydrogens is 90.1 g/mol. The molecule has 0 aliphatic heterocycles. The topological polar surface area (TPSA) is 31.2 Å². The average Bonchev–Trinajstić information content (AvgIpc) is 1.68. The Morgan fingerprint density at radius 1 is 2.00 bits per heavy atom. The van der Waals surface area contributed by atoms with Gasteiger partial charge in [-0.15, -0.1) is 4.67 Å². The van der Waals surface area contributed by atoms with E-state index < -0.39 is 0 Å². The van der Waals surface area contributed by atoms with Crippen LogP contribution < -0.4 is 4.67 Å². The van der Waals surface area contributed by atoms with Gasteiger partial charge in [-0.2, -0.15) is 0 Å². The van der Waals surface area contributed by atoms with Crippen molar-refractivity contribution in [1.29, 1.82) is 0 Å². The second-order valence-electron chi connectivity index (χ2n) is 1.13. The Labute approximate surface area is 42.6 Å². The number of carbonyl (C=O) groups is 1. The van der Waals surface area contributed by atoms with Gasteiger partial charge in [0.1, 0.15) is 0 Å². The fourth-order valence-corrected chi connectivity index (χ4v) is 0.193. The predicted octanol–water partition coefficient (Wildman–Crippen LogP) is -0.196. The van der Waals surface area contributed by atoms with Gasteiger partial charge in [-0.3, -0.25) is 4.79 Å². The van der Waals surface area contributed by atoms with E-state index in [0.717, 1.165) is 0 Å². The number of Topliss-reactive ketones (excluding diaryl/α,β-unsaturated/α-hetero) is 1. The van der Waals surface area contributed by atoms with Crippen LogP contribution >= 0.6 is 0 Å². The van der Waals surface area contributed by atoms with Gasteiger partial charge in [0.2, 0.25) is 5.78 Å². The molecule has 0 aromatic carbocycles. The molecule has 38 valence electrons. The zero-order valence-electron chi connectivity index (χ0n) is 4.35. The van der Waals surface area contributed by atoms with Gasteiger partial charge in [0.25, 0.3) is 6.72 Å². The van der Waals surface area contributed by atoms with Crippen molar-refractivity contribution in [3.8, 4) is 0 Å². The molecule has 2 nitrogen and oxygen atoms in total. The highest BCUT2D eigenvalue weighted by Crippen LogP contribution is 1.69. The van der Waals surface area contributed by atoms with Gasteiger partial charge < -0.3 is 0 Å². The summed E-state index contributed by atoms with van der Waals surface area (Å²) in [5, 5.41) is 0. The smallest absolute Gasteiger partial charge is 0.287 e. The lowest BCUT2D eigenvalue weighted by molar-refractivity contribution is -0.112. The van der Waals surface area contributed by atoms with E-state index in [1.165, 1.54) is 6.21 Å². The minimum absolute atomic E-state index is 0.0231. The molecule has 0 radical (unpaired) electrons. The van der Waals surface area contributed by atoms with Crippen LogP contribution in [0.3, 0.4) is 0 Å². The Balaban J connectivity index is 3.58. The van der Waals surface area contributed by atoms with Crippen molar-refractivity contribution in [2.75, 3.05) is 0 Å². The average molecular weight is 98.1 g/mol. The summed E-state index contributed by atoms with van der Waals surface area (Å²) < 4.78 is 3.28. The van der Waals surface area contributed by atoms with Crippen molar-refractivity contribution in [2.24, 2.45) is 0 Å². The van der Waals surface area contributed by atoms with E-state index in [2.05, 4.69) is 11.4 Å². The van der Waals surface area contributed by atoms with Crippen LogP contribution in [0, 0.1) is 0 Å². The first-order valence-electron chi connectivity index (χ1n) is 2.13. The number of rotatable bonds is 2. The molecule has 0 fully saturated rings. The van der Waals surface area contributed by atoms with Gasteiger partial charge in [-0.1, -0.05) is 6.92 Å². The van der Waals surface area contributed by atoms with Crippen molar-refractivity contribution in [3.63, 3.8) is 0 Å². The molecule has 2 heteroatoms. The molecule has 0 heterocycles. The molecule has 0 aromatic rings. The molecule has 0 aliphatic carbocycles. The molecule has 0 N–H and O–H groups in total. The Hall–Kier alpha value is -0.880.